The number of nitrogens with zero attached hydrogens (tertiary/aromatic N) is 2. The van der Waals surface area contributed by atoms with Gasteiger partial charge in [0.05, 0.1) is 13.2 Å². The Balaban J connectivity index is 1.60. The van der Waals surface area contributed by atoms with Crippen LogP contribution in [0.4, 0.5) is 17.3 Å². The monoisotopic (exact) mass is 378 g/mol. The van der Waals surface area contributed by atoms with Gasteiger partial charge in [-0.15, -0.1) is 10.2 Å². The summed E-state index contributed by atoms with van der Waals surface area (Å²) in [6, 6.07) is 17.9. The van der Waals surface area contributed by atoms with Crippen LogP contribution in [-0.2, 0) is 0 Å². The van der Waals surface area contributed by atoms with E-state index in [9.17, 15) is 4.79 Å². The number of aromatic nitrogens is 2. The molecule has 0 aliphatic carbocycles. The summed E-state index contributed by atoms with van der Waals surface area (Å²) in [5, 5.41) is 14.0. The fourth-order valence-corrected chi connectivity index (χ4v) is 2.46. The Bertz CT molecular complexity index is 925. The zero-order chi connectivity index (χ0) is 19.9. The fourth-order valence-electron chi connectivity index (χ4n) is 2.46. The van der Waals surface area contributed by atoms with E-state index in [4.69, 9.17) is 9.47 Å². The fraction of sp³-hybridized carbons (Fsp3) is 0.190. The molecule has 0 aliphatic rings. The van der Waals surface area contributed by atoms with Crippen molar-refractivity contribution in [3.63, 3.8) is 0 Å². The summed E-state index contributed by atoms with van der Waals surface area (Å²) in [7, 11) is 1.55. The van der Waals surface area contributed by atoms with Gasteiger partial charge in [-0.2, -0.15) is 0 Å². The van der Waals surface area contributed by atoms with Crippen LogP contribution in [0.1, 0.15) is 24.2 Å². The molecule has 2 aromatic carbocycles. The van der Waals surface area contributed by atoms with Crippen molar-refractivity contribution in [1.82, 2.24) is 10.2 Å². The van der Waals surface area contributed by atoms with E-state index in [0.717, 1.165) is 11.4 Å². The van der Waals surface area contributed by atoms with E-state index in [1.54, 1.807) is 43.5 Å². The molecule has 1 heterocycles. The maximum absolute atomic E-state index is 12.3. The minimum Gasteiger partial charge on any atom is -0.497 e. The van der Waals surface area contributed by atoms with E-state index in [1.165, 1.54) is 0 Å². The third-order valence-electron chi connectivity index (χ3n) is 3.74. The van der Waals surface area contributed by atoms with Crippen LogP contribution in [0.3, 0.4) is 0 Å². The Hall–Kier alpha value is -3.61. The van der Waals surface area contributed by atoms with Crippen LogP contribution in [-0.4, -0.2) is 29.3 Å². The highest BCUT2D eigenvalue weighted by Crippen LogP contribution is 2.20. The van der Waals surface area contributed by atoms with E-state index in [-0.39, 0.29) is 12.0 Å². The van der Waals surface area contributed by atoms with Gasteiger partial charge < -0.3 is 20.1 Å². The number of carbonyl (C=O) groups excluding carboxylic acids is 1. The standard InChI is InChI=1S/C21H22N4O3/c1-14(2)28-17-9-7-16(8-10-17)22-19-11-12-20(25-24-19)23-21(26)15-5-4-6-18(13-15)27-3/h4-14H,1-3H3,(H,22,24)(H,23,25,26). The summed E-state index contributed by atoms with van der Waals surface area (Å²) < 4.78 is 10.7. The van der Waals surface area contributed by atoms with Crippen molar-refractivity contribution in [3.8, 4) is 11.5 Å². The van der Waals surface area contributed by atoms with E-state index in [0.29, 0.717) is 22.9 Å². The van der Waals surface area contributed by atoms with Crippen LogP contribution in [0.2, 0.25) is 0 Å². The zero-order valence-electron chi connectivity index (χ0n) is 16.0. The van der Waals surface area contributed by atoms with Gasteiger partial charge in [-0.25, -0.2) is 0 Å². The highest BCUT2D eigenvalue weighted by molar-refractivity contribution is 6.03. The first-order chi connectivity index (χ1) is 13.5. The van der Waals surface area contributed by atoms with Crippen LogP contribution in [0, 0.1) is 0 Å². The summed E-state index contributed by atoms with van der Waals surface area (Å²) >= 11 is 0. The number of rotatable bonds is 7. The second-order valence-corrected chi connectivity index (χ2v) is 6.31. The lowest BCUT2D eigenvalue weighted by Crippen LogP contribution is -2.13. The first-order valence-corrected chi connectivity index (χ1v) is 8.86. The van der Waals surface area contributed by atoms with Crippen molar-refractivity contribution in [2.24, 2.45) is 0 Å². The molecule has 7 heteroatoms. The second kappa shape index (κ2) is 8.85. The van der Waals surface area contributed by atoms with Crippen molar-refractivity contribution >= 4 is 23.2 Å². The Morgan fingerprint density at radius 2 is 1.64 bits per heavy atom. The molecule has 2 N–H and O–H groups in total. The van der Waals surface area contributed by atoms with Gasteiger partial charge in [-0.05, 0) is 68.4 Å². The number of ether oxygens (including phenoxy) is 2. The number of benzene rings is 2. The number of hydrogen-bond acceptors (Lipinski definition) is 6. The number of carbonyl (C=O) groups is 1. The third kappa shape index (κ3) is 5.20. The molecule has 0 saturated carbocycles. The Labute approximate surface area is 163 Å². The maximum Gasteiger partial charge on any atom is 0.256 e. The normalized spacial score (nSPS) is 10.4. The van der Waals surface area contributed by atoms with Gasteiger partial charge >= 0.3 is 0 Å². The number of nitrogens with one attached hydrogen (secondary N) is 2. The van der Waals surface area contributed by atoms with Gasteiger partial charge in [0.25, 0.3) is 5.91 Å². The molecule has 3 rings (SSSR count). The molecule has 0 spiro atoms. The average Bonchev–Trinajstić information content (AvgIpc) is 2.70. The van der Waals surface area contributed by atoms with Gasteiger partial charge in [-0.1, -0.05) is 6.07 Å². The molecule has 1 aromatic heterocycles. The van der Waals surface area contributed by atoms with E-state index in [1.807, 2.05) is 38.1 Å². The molecular formula is C21H22N4O3. The van der Waals surface area contributed by atoms with Crippen molar-refractivity contribution in [2.45, 2.75) is 20.0 Å². The smallest absolute Gasteiger partial charge is 0.256 e. The second-order valence-electron chi connectivity index (χ2n) is 6.31. The lowest BCUT2D eigenvalue weighted by molar-refractivity contribution is 0.102. The van der Waals surface area contributed by atoms with Gasteiger partial charge in [0.15, 0.2) is 11.6 Å². The average molecular weight is 378 g/mol. The van der Waals surface area contributed by atoms with Crippen molar-refractivity contribution in [1.29, 1.82) is 0 Å². The first kappa shape index (κ1) is 19.2. The Morgan fingerprint density at radius 3 is 2.29 bits per heavy atom. The molecule has 0 radical (unpaired) electrons. The van der Waals surface area contributed by atoms with Crippen LogP contribution in [0.5, 0.6) is 11.5 Å². The summed E-state index contributed by atoms with van der Waals surface area (Å²) in [5.74, 6) is 2.07. The van der Waals surface area contributed by atoms with E-state index in [2.05, 4.69) is 20.8 Å². The van der Waals surface area contributed by atoms with Crippen molar-refractivity contribution in [3.05, 3.63) is 66.2 Å². The molecule has 0 atom stereocenters. The maximum atomic E-state index is 12.3. The highest BCUT2D eigenvalue weighted by Gasteiger charge is 2.08. The summed E-state index contributed by atoms with van der Waals surface area (Å²) in [6.07, 6.45) is 0.129. The molecule has 0 unspecified atom stereocenters. The molecule has 7 nitrogen and oxygen atoms in total. The molecule has 0 fully saturated rings. The van der Waals surface area contributed by atoms with Gasteiger partial charge in [0, 0.05) is 11.3 Å². The minimum atomic E-state index is -0.283. The van der Waals surface area contributed by atoms with Crippen LogP contribution in [0.25, 0.3) is 0 Å². The molecule has 0 aliphatic heterocycles. The minimum absolute atomic E-state index is 0.129. The summed E-state index contributed by atoms with van der Waals surface area (Å²) in [4.78, 5) is 12.3. The molecule has 28 heavy (non-hydrogen) atoms. The molecule has 3 aromatic rings. The quantitative estimate of drug-likeness (QED) is 0.639. The Kier molecular flexibility index (Phi) is 6.06. The molecule has 0 bridgehead atoms. The van der Waals surface area contributed by atoms with E-state index >= 15 is 0 Å². The molecular weight excluding hydrogens is 356 g/mol. The molecule has 0 saturated heterocycles. The van der Waals surface area contributed by atoms with Crippen molar-refractivity contribution < 1.29 is 14.3 Å². The molecule has 144 valence electrons. The largest absolute Gasteiger partial charge is 0.497 e. The van der Waals surface area contributed by atoms with Crippen LogP contribution >= 0.6 is 0 Å². The van der Waals surface area contributed by atoms with Crippen LogP contribution in [0.15, 0.2) is 60.7 Å². The number of hydrogen-bond donors (Lipinski definition) is 2. The first-order valence-electron chi connectivity index (χ1n) is 8.86. The predicted molar refractivity (Wildman–Crippen MR) is 108 cm³/mol. The molecule has 1 amide bonds. The van der Waals surface area contributed by atoms with Crippen molar-refractivity contribution in [2.75, 3.05) is 17.7 Å². The SMILES string of the molecule is COc1cccc(C(=O)Nc2ccc(Nc3ccc(OC(C)C)cc3)nn2)c1. The lowest BCUT2D eigenvalue weighted by atomic mass is 10.2. The summed E-state index contributed by atoms with van der Waals surface area (Å²) in [5.41, 5.74) is 1.34. The third-order valence-corrected chi connectivity index (χ3v) is 3.74. The Morgan fingerprint density at radius 1 is 0.929 bits per heavy atom. The zero-order valence-corrected chi connectivity index (χ0v) is 16.0. The van der Waals surface area contributed by atoms with Gasteiger partial charge in [0.2, 0.25) is 0 Å². The topological polar surface area (TPSA) is 85.4 Å². The lowest BCUT2D eigenvalue weighted by Gasteiger charge is -2.11. The van der Waals surface area contributed by atoms with Gasteiger partial charge in [-0.3, -0.25) is 4.79 Å². The predicted octanol–water partition coefficient (Wildman–Crippen LogP) is 4.27. The van der Waals surface area contributed by atoms with Gasteiger partial charge in [0.1, 0.15) is 11.5 Å². The highest BCUT2D eigenvalue weighted by atomic mass is 16.5. The van der Waals surface area contributed by atoms with Crippen LogP contribution < -0.4 is 20.1 Å². The van der Waals surface area contributed by atoms with E-state index < -0.39 is 0 Å². The number of amides is 1. The summed E-state index contributed by atoms with van der Waals surface area (Å²) in [6.45, 7) is 3.97. The number of methoxy groups -OCH3 is 1. The number of anilines is 3.